The van der Waals surface area contributed by atoms with Gasteiger partial charge in [-0.3, -0.25) is 4.79 Å². The number of carbonyl (C=O) groups is 1. The number of benzene rings is 1. The largest absolute Gasteiger partial charge is 0.273 e. The second-order valence-electron chi connectivity index (χ2n) is 3.53. The maximum Gasteiger partial charge on any atom is 0.273 e. The van der Waals surface area contributed by atoms with Gasteiger partial charge >= 0.3 is 0 Å². The number of thioether (sulfide) groups is 1. The minimum atomic E-state index is -0.249. The molecule has 0 unspecified atom stereocenters. The van der Waals surface area contributed by atoms with Gasteiger partial charge in [0.1, 0.15) is 6.33 Å². The topological polar surface area (TPSA) is 47.8 Å². The third-order valence-electron chi connectivity index (χ3n) is 2.23. The molecule has 0 amide bonds. The Morgan fingerprint density at radius 2 is 2.21 bits per heavy atom. The number of hydrogen-bond donors (Lipinski definition) is 0. The van der Waals surface area contributed by atoms with Crippen molar-refractivity contribution in [1.82, 2.24) is 14.8 Å². The van der Waals surface area contributed by atoms with E-state index >= 15 is 0 Å². The van der Waals surface area contributed by atoms with Crippen LogP contribution in [0.15, 0.2) is 47.9 Å². The summed E-state index contributed by atoms with van der Waals surface area (Å²) in [6, 6.07) is 9.57. The SMILES string of the molecule is C#CCSc1ncnn1C(=O)/C=C/c1ccccc1. The van der Waals surface area contributed by atoms with Gasteiger partial charge in [-0.2, -0.15) is 9.78 Å². The van der Waals surface area contributed by atoms with E-state index < -0.39 is 0 Å². The smallest absolute Gasteiger partial charge is 0.267 e. The molecule has 0 saturated carbocycles. The Hall–Kier alpha value is -2.32. The average Bonchev–Trinajstić information content (AvgIpc) is 2.92. The molecule has 1 aromatic heterocycles. The molecule has 0 atom stereocenters. The molecule has 0 aliphatic carbocycles. The summed E-state index contributed by atoms with van der Waals surface area (Å²) in [7, 11) is 0. The molecule has 0 saturated heterocycles. The van der Waals surface area contributed by atoms with Gasteiger partial charge in [-0.25, -0.2) is 4.98 Å². The summed E-state index contributed by atoms with van der Waals surface area (Å²) in [4.78, 5) is 16.0. The van der Waals surface area contributed by atoms with Gasteiger partial charge in [-0.05, 0) is 11.6 Å². The van der Waals surface area contributed by atoms with Crippen molar-refractivity contribution in [2.24, 2.45) is 0 Å². The second-order valence-corrected chi connectivity index (χ2v) is 4.47. The summed E-state index contributed by atoms with van der Waals surface area (Å²) in [6.07, 6.45) is 9.72. The molecule has 1 aromatic carbocycles. The second kappa shape index (κ2) is 6.57. The lowest BCUT2D eigenvalue weighted by molar-refractivity contribution is 0.0943. The lowest BCUT2D eigenvalue weighted by Gasteiger charge is -1.99. The third kappa shape index (κ3) is 3.57. The molecule has 2 aromatic rings. The van der Waals surface area contributed by atoms with Crippen LogP contribution in [0.2, 0.25) is 0 Å². The molecule has 0 N–H and O–H groups in total. The van der Waals surface area contributed by atoms with Gasteiger partial charge in [-0.1, -0.05) is 48.0 Å². The van der Waals surface area contributed by atoms with Crippen LogP contribution in [0.4, 0.5) is 0 Å². The summed E-state index contributed by atoms with van der Waals surface area (Å²) in [5, 5.41) is 4.40. The first-order valence-corrected chi connectivity index (χ1v) is 6.53. The van der Waals surface area contributed by atoms with Crippen molar-refractivity contribution in [3.05, 3.63) is 48.3 Å². The van der Waals surface area contributed by atoms with Crippen molar-refractivity contribution in [2.45, 2.75) is 5.16 Å². The number of aromatic nitrogens is 3. The van der Waals surface area contributed by atoms with E-state index in [2.05, 4.69) is 16.0 Å². The highest BCUT2D eigenvalue weighted by molar-refractivity contribution is 7.99. The summed E-state index contributed by atoms with van der Waals surface area (Å²) >= 11 is 1.30. The van der Waals surface area contributed by atoms with E-state index in [9.17, 15) is 4.79 Å². The Morgan fingerprint density at radius 1 is 1.42 bits per heavy atom. The van der Waals surface area contributed by atoms with Crippen molar-refractivity contribution in [2.75, 3.05) is 5.75 Å². The lowest BCUT2D eigenvalue weighted by atomic mass is 10.2. The van der Waals surface area contributed by atoms with E-state index in [0.717, 1.165) is 5.56 Å². The highest BCUT2D eigenvalue weighted by Crippen LogP contribution is 2.13. The predicted molar refractivity (Wildman–Crippen MR) is 75.7 cm³/mol. The standard InChI is InChI=1S/C14H11N3OS/c1-2-10-19-14-15-11-16-17(14)13(18)9-8-12-6-4-3-5-7-12/h1,3-9,11H,10H2/b9-8+. The molecule has 0 bridgehead atoms. The summed E-state index contributed by atoms with van der Waals surface area (Å²) in [5.74, 6) is 2.69. The van der Waals surface area contributed by atoms with Crippen molar-refractivity contribution in [3.63, 3.8) is 0 Å². The maximum atomic E-state index is 12.0. The number of allylic oxidation sites excluding steroid dienone is 1. The van der Waals surface area contributed by atoms with Crippen LogP contribution in [0.3, 0.4) is 0 Å². The lowest BCUT2D eigenvalue weighted by Crippen LogP contribution is -2.10. The van der Waals surface area contributed by atoms with Gasteiger partial charge in [0, 0.05) is 6.08 Å². The van der Waals surface area contributed by atoms with E-state index in [-0.39, 0.29) is 5.91 Å². The van der Waals surface area contributed by atoms with Gasteiger partial charge in [0.15, 0.2) is 5.16 Å². The van der Waals surface area contributed by atoms with Crippen LogP contribution in [-0.2, 0) is 0 Å². The van der Waals surface area contributed by atoms with Crippen LogP contribution >= 0.6 is 11.8 Å². The number of nitrogens with zero attached hydrogens (tertiary/aromatic N) is 3. The van der Waals surface area contributed by atoms with Crippen LogP contribution < -0.4 is 0 Å². The zero-order valence-electron chi connectivity index (χ0n) is 10.1. The van der Waals surface area contributed by atoms with Gasteiger partial charge in [-0.15, -0.1) is 6.42 Å². The average molecular weight is 269 g/mol. The Morgan fingerprint density at radius 3 is 2.95 bits per heavy atom. The Labute approximate surface area is 115 Å². The quantitative estimate of drug-likeness (QED) is 0.485. The van der Waals surface area contributed by atoms with Gasteiger partial charge in [0.05, 0.1) is 5.75 Å². The highest BCUT2D eigenvalue weighted by Gasteiger charge is 2.09. The third-order valence-corrected chi connectivity index (χ3v) is 3.08. The number of terminal acetylenes is 1. The molecule has 94 valence electrons. The van der Waals surface area contributed by atoms with E-state index in [1.807, 2.05) is 30.3 Å². The summed E-state index contributed by atoms with van der Waals surface area (Å²) in [5.41, 5.74) is 0.953. The Bertz CT molecular complexity index is 626. The maximum absolute atomic E-state index is 12.0. The van der Waals surface area contributed by atoms with E-state index in [4.69, 9.17) is 6.42 Å². The minimum absolute atomic E-state index is 0.249. The molecule has 1 heterocycles. The monoisotopic (exact) mass is 269 g/mol. The normalized spacial score (nSPS) is 10.5. The fourth-order valence-electron chi connectivity index (χ4n) is 1.39. The molecule has 2 rings (SSSR count). The molecule has 0 aliphatic rings. The van der Waals surface area contributed by atoms with Crippen molar-refractivity contribution >= 4 is 23.7 Å². The molecule has 19 heavy (non-hydrogen) atoms. The van der Waals surface area contributed by atoms with E-state index in [1.165, 1.54) is 28.8 Å². The molecular formula is C14H11N3OS. The van der Waals surface area contributed by atoms with E-state index in [1.54, 1.807) is 6.08 Å². The molecular weight excluding hydrogens is 258 g/mol. The fourth-order valence-corrected chi connectivity index (χ4v) is 1.98. The summed E-state index contributed by atoms with van der Waals surface area (Å²) < 4.78 is 1.24. The van der Waals surface area contributed by atoms with Crippen LogP contribution in [-0.4, -0.2) is 26.4 Å². The van der Waals surface area contributed by atoms with Gasteiger partial charge in [0.2, 0.25) is 0 Å². The van der Waals surface area contributed by atoms with Gasteiger partial charge in [0.25, 0.3) is 5.91 Å². The number of hydrogen-bond acceptors (Lipinski definition) is 4. The number of rotatable bonds is 4. The first-order valence-electron chi connectivity index (χ1n) is 5.55. The molecule has 0 spiro atoms. The predicted octanol–water partition coefficient (Wildman–Crippen LogP) is 2.36. The molecule has 0 aliphatic heterocycles. The van der Waals surface area contributed by atoms with Gasteiger partial charge < -0.3 is 0 Å². The summed E-state index contributed by atoms with van der Waals surface area (Å²) in [6.45, 7) is 0. The first-order chi connectivity index (χ1) is 9.31. The molecule has 0 fully saturated rings. The Balaban J connectivity index is 2.10. The zero-order chi connectivity index (χ0) is 13.5. The van der Waals surface area contributed by atoms with Crippen molar-refractivity contribution in [1.29, 1.82) is 0 Å². The highest BCUT2D eigenvalue weighted by atomic mass is 32.2. The van der Waals surface area contributed by atoms with Crippen LogP contribution in [0, 0.1) is 12.3 Å². The molecule has 5 heteroatoms. The minimum Gasteiger partial charge on any atom is -0.267 e. The van der Waals surface area contributed by atoms with Crippen molar-refractivity contribution < 1.29 is 4.79 Å². The van der Waals surface area contributed by atoms with Crippen LogP contribution in [0.25, 0.3) is 6.08 Å². The first kappa shape index (κ1) is 13.1. The van der Waals surface area contributed by atoms with Crippen molar-refractivity contribution in [3.8, 4) is 12.3 Å². The Kier molecular flexibility index (Phi) is 4.54. The van der Waals surface area contributed by atoms with Crippen LogP contribution in [0.5, 0.6) is 0 Å². The van der Waals surface area contributed by atoms with Crippen LogP contribution in [0.1, 0.15) is 10.4 Å². The number of carbonyl (C=O) groups excluding carboxylic acids is 1. The zero-order valence-corrected chi connectivity index (χ0v) is 10.9. The molecule has 4 nitrogen and oxygen atoms in total. The fraction of sp³-hybridized carbons (Fsp3) is 0.0714. The molecule has 0 radical (unpaired) electrons. The van der Waals surface area contributed by atoms with E-state index in [0.29, 0.717) is 10.9 Å².